The Morgan fingerprint density at radius 2 is 1.87 bits per heavy atom. The molecule has 0 radical (unpaired) electrons. The first-order chi connectivity index (χ1) is 11.0. The van der Waals surface area contributed by atoms with E-state index in [-0.39, 0.29) is 31.0 Å². The van der Waals surface area contributed by atoms with Gasteiger partial charge in [-0.25, -0.2) is 9.69 Å². The van der Waals surface area contributed by atoms with Crippen LogP contribution in [0.25, 0.3) is 10.8 Å². The number of urea groups is 1. The fourth-order valence-electron chi connectivity index (χ4n) is 2.98. The third-order valence-corrected chi connectivity index (χ3v) is 4.94. The van der Waals surface area contributed by atoms with Crippen LogP contribution in [0.2, 0.25) is 0 Å². The van der Waals surface area contributed by atoms with Crippen molar-refractivity contribution in [3.8, 4) is 0 Å². The van der Waals surface area contributed by atoms with Crippen molar-refractivity contribution in [1.29, 1.82) is 0 Å². The number of benzene rings is 2. The van der Waals surface area contributed by atoms with E-state index in [0.29, 0.717) is 12.1 Å². The Bertz CT molecular complexity index is 778. The first kappa shape index (κ1) is 16.0. The molecule has 1 aliphatic rings. The minimum atomic E-state index is -0.354. The highest BCUT2D eigenvalue weighted by Gasteiger charge is 2.37. The summed E-state index contributed by atoms with van der Waals surface area (Å²) in [6, 6.07) is 10.7. The second kappa shape index (κ2) is 6.29. The Hall–Kier alpha value is -1.92. The van der Waals surface area contributed by atoms with Crippen molar-refractivity contribution in [1.82, 2.24) is 4.90 Å². The summed E-state index contributed by atoms with van der Waals surface area (Å²) in [5.74, 6) is -0.237. The molecule has 0 spiro atoms. The van der Waals surface area contributed by atoms with E-state index in [4.69, 9.17) is 5.11 Å². The highest BCUT2D eigenvalue weighted by atomic mass is 79.9. The molecule has 0 saturated carbocycles. The van der Waals surface area contributed by atoms with Gasteiger partial charge in [0.2, 0.25) is 5.91 Å². The number of aliphatic hydroxyl groups is 1. The van der Waals surface area contributed by atoms with Crippen LogP contribution in [-0.4, -0.2) is 41.6 Å². The zero-order chi connectivity index (χ0) is 16.6. The SMILES string of the molecule is CN1C(=O)N(c2cccc3c(Br)cccc23)C(=O)CC1CCO. The predicted molar refractivity (Wildman–Crippen MR) is 92.4 cm³/mol. The van der Waals surface area contributed by atoms with Gasteiger partial charge < -0.3 is 10.0 Å². The third kappa shape index (κ3) is 2.72. The number of aliphatic hydroxyl groups excluding tert-OH is 1. The number of carbonyl (C=O) groups is 2. The highest BCUT2D eigenvalue weighted by molar-refractivity contribution is 9.10. The Morgan fingerprint density at radius 3 is 2.61 bits per heavy atom. The molecule has 2 aromatic rings. The van der Waals surface area contributed by atoms with E-state index < -0.39 is 0 Å². The van der Waals surface area contributed by atoms with Crippen molar-refractivity contribution < 1.29 is 14.7 Å². The van der Waals surface area contributed by atoms with Crippen LogP contribution in [0, 0.1) is 0 Å². The molecule has 0 bridgehead atoms. The van der Waals surface area contributed by atoms with E-state index in [1.54, 1.807) is 13.1 Å². The molecule has 5 nitrogen and oxygen atoms in total. The lowest BCUT2D eigenvalue weighted by Gasteiger charge is -2.38. The van der Waals surface area contributed by atoms with E-state index in [1.165, 1.54) is 9.80 Å². The summed E-state index contributed by atoms with van der Waals surface area (Å²) >= 11 is 3.50. The van der Waals surface area contributed by atoms with Gasteiger partial charge in [-0.15, -0.1) is 0 Å². The lowest BCUT2D eigenvalue weighted by molar-refractivity contribution is -0.120. The standard InChI is InChI=1S/C17H17BrN2O3/c1-19-11(8-9-21)10-16(22)20(17(19)23)15-7-3-4-12-13(15)5-2-6-14(12)18/h2-7,11,21H,8-10H2,1H3. The Morgan fingerprint density at radius 1 is 1.17 bits per heavy atom. The summed E-state index contributed by atoms with van der Waals surface area (Å²) < 4.78 is 0.917. The molecule has 3 rings (SSSR count). The summed E-state index contributed by atoms with van der Waals surface area (Å²) in [4.78, 5) is 28.0. The predicted octanol–water partition coefficient (Wildman–Crippen LogP) is 3.14. The molecule has 1 saturated heterocycles. The zero-order valence-corrected chi connectivity index (χ0v) is 14.3. The number of imide groups is 1. The molecule has 1 aliphatic heterocycles. The second-order valence-corrected chi connectivity index (χ2v) is 6.46. The molecule has 6 heteroatoms. The van der Waals surface area contributed by atoms with Gasteiger partial charge in [-0.3, -0.25) is 4.79 Å². The average Bonchev–Trinajstić information content (AvgIpc) is 2.53. The van der Waals surface area contributed by atoms with Crippen LogP contribution in [0.1, 0.15) is 12.8 Å². The van der Waals surface area contributed by atoms with Gasteiger partial charge in [0.1, 0.15) is 0 Å². The Balaban J connectivity index is 2.07. The van der Waals surface area contributed by atoms with Crippen LogP contribution in [0.3, 0.4) is 0 Å². The van der Waals surface area contributed by atoms with Crippen LogP contribution < -0.4 is 4.90 Å². The average molecular weight is 377 g/mol. The largest absolute Gasteiger partial charge is 0.396 e. The first-order valence-corrected chi connectivity index (χ1v) is 8.21. The first-order valence-electron chi connectivity index (χ1n) is 7.42. The number of anilines is 1. The normalized spacial score (nSPS) is 18.8. The van der Waals surface area contributed by atoms with Crippen LogP contribution >= 0.6 is 15.9 Å². The maximum atomic E-state index is 12.7. The molecule has 23 heavy (non-hydrogen) atoms. The van der Waals surface area contributed by atoms with E-state index in [9.17, 15) is 9.59 Å². The van der Waals surface area contributed by atoms with E-state index in [0.717, 1.165) is 15.2 Å². The quantitative estimate of drug-likeness (QED) is 0.894. The van der Waals surface area contributed by atoms with Gasteiger partial charge in [0.05, 0.1) is 5.69 Å². The summed E-state index contributed by atoms with van der Waals surface area (Å²) in [5.41, 5.74) is 0.591. The van der Waals surface area contributed by atoms with Crippen molar-refractivity contribution in [3.63, 3.8) is 0 Å². The number of fused-ring (bicyclic) bond motifs is 1. The fraction of sp³-hybridized carbons (Fsp3) is 0.294. The molecule has 1 N–H and O–H groups in total. The van der Waals surface area contributed by atoms with E-state index in [2.05, 4.69) is 15.9 Å². The molecule has 2 aromatic carbocycles. The minimum Gasteiger partial charge on any atom is -0.396 e. The maximum Gasteiger partial charge on any atom is 0.331 e. The van der Waals surface area contributed by atoms with Crippen molar-refractivity contribution in [3.05, 3.63) is 40.9 Å². The van der Waals surface area contributed by atoms with E-state index >= 15 is 0 Å². The van der Waals surface area contributed by atoms with Gasteiger partial charge in [-0.1, -0.05) is 40.2 Å². The van der Waals surface area contributed by atoms with Crippen molar-refractivity contribution in [2.75, 3.05) is 18.6 Å². The van der Waals surface area contributed by atoms with Crippen molar-refractivity contribution >= 4 is 44.3 Å². The number of hydrogen-bond donors (Lipinski definition) is 1. The number of carbonyl (C=O) groups excluding carboxylic acids is 2. The summed E-state index contributed by atoms with van der Waals surface area (Å²) in [6.07, 6.45) is 0.621. The fourth-order valence-corrected chi connectivity index (χ4v) is 3.48. The van der Waals surface area contributed by atoms with Gasteiger partial charge >= 0.3 is 6.03 Å². The van der Waals surface area contributed by atoms with Gasteiger partial charge in [0.15, 0.2) is 0 Å². The van der Waals surface area contributed by atoms with Crippen molar-refractivity contribution in [2.45, 2.75) is 18.9 Å². The number of nitrogens with zero attached hydrogens (tertiary/aromatic N) is 2. The summed E-state index contributed by atoms with van der Waals surface area (Å²) in [5, 5.41) is 10.9. The molecule has 1 heterocycles. The molecule has 120 valence electrons. The number of amides is 3. The van der Waals surface area contributed by atoms with Crippen LogP contribution in [0.15, 0.2) is 40.9 Å². The molecule has 1 fully saturated rings. The lowest BCUT2D eigenvalue weighted by atomic mass is 10.0. The van der Waals surface area contributed by atoms with Gasteiger partial charge in [0.25, 0.3) is 0 Å². The highest BCUT2D eigenvalue weighted by Crippen LogP contribution is 2.34. The zero-order valence-electron chi connectivity index (χ0n) is 12.7. The van der Waals surface area contributed by atoms with Gasteiger partial charge in [-0.05, 0) is 23.9 Å². The van der Waals surface area contributed by atoms with E-state index in [1.807, 2.05) is 30.3 Å². The lowest BCUT2D eigenvalue weighted by Crippen LogP contribution is -2.55. The molecule has 1 atom stereocenters. The molecular formula is C17H17BrN2O3. The smallest absolute Gasteiger partial charge is 0.331 e. The van der Waals surface area contributed by atoms with Gasteiger partial charge in [-0.2, -0.15) is 0 Å². The third-order valence-electron chi connectivity index (χ3n) is 4.25. The minimum absolute atomic E-state index is 0.0449. The number of halogens is 1. The monoisotopic (exact) mass is 376 g/mol. The van der Waals surface area contributed by atoms with Gasteiger partial charge in [0, 0.05) is 36.0 Å². The molecule has 0 aromatic heterocycles. The van der Waals surface area contributed by atoms with Crippen molar-refractivity contribution in [2.24, 2.45) is 0 Å². The topological polar surface area (TPSA) is 60.9 Å². The summed E-state index contributed by atoms with van der Waals surface area (Å²) in [7, 11) is 1.67. The Kier molecular flexibility index (Phi) is 4.37. The Labute approximate surface area is 142 Å². The van der Waals surface area contributed by atoms with Crippen LogP contribution in [-0.2, 0) is 4.79 Å². The second-order valence-electron chi connectivity index (χ2n) is 5.60. The molecule has 0 aliphatic carbocycles. The van der Waals surface area contributed by atoms with Crippen LogP contribution in [0.5, 0.6) is 0 Å². The molecular weight excluding hydrogens is 360 g/mol. The molecule has 1 unspecified atom stereocenters. The summed E-state index contributed by atoms with van der Waals surface area (Å²) in [6.45, 7) is -0.0449. The number of hydrogen-bond acceptors (Lipinski definition) is 3. The maximum absolute atomic E-state index is 12.7. The van der Waals surface area contributed by atoms with Crippen LogP contribution in [0.4, 0.5) is 10.5 Å². The molecule has 3 amide bonds. The number of rotatable bonds is 3.